The average molecular weight is 409 g/mol. The molecule has 1 N–H and O–H groups in total. The van der Waals surface area contributed by atoms with Crippen molar-refractivity contribution in [3.05, 3.63) is 76.1 Å². The number of ether oxygens (including phenoxy) is 2. The Morgan fingerprint density at radius 2 is 1.87 bits per heavy atom. The molecule has 0 saturated heterocycles. The van der Waals surface area contributed by atoms with Gasteiger partial charge in [-0.1, -0.05) is 43.7 Å². The van der Waals surface area contributed by atoms with Gasteiger partial charge in [-0.3, -0.25) is 0 Å². The third-order valence-corrected chi connectivity index (χ3v) is 4.44. The van der Waals surface area contributed by atoms with Crippen LogP contribution in [0.15, 0.2) is 63.8 Å². The van der Waals surface area contributed by atoms with Crippen molar-refractivity contribution in [2.75, 3.05) is 0 Å². The van der Waals surface area contributed by atoms with Crippen LogP contribution in [-0.4, -0.2) is 18.1 Å². The maximum absolute atomic E-state index is 12.3. The Kier molecular flexibility index (Phi) is 6.85. The molecule has 2 aromatic carbocycles. The van der Waals surface area contributed by atoms with Crippen molar-refractivity contribution in [1.29, 1.82) is 0 Å². The predicted molar refractivity (Wildman–Crippen MR) is 111 cm³/mol. The highest BCUT2D eigenvalue weighted by Crippen LogP contribution is 2.23. The number of fused-ring (bicyclic) bond motifs is 1. The molecule has 30 heavy (non-hydrogen) atoms. The van der Waals surface area contributed by atoms with Gasteiger partial charge in [-0.15, -0.1) is 0 Å². The van der Waals surface area contributed by atoms with Crippen LogP contribution in [0.3, 0.4) is 0 Å². The van der Waals surface area contributed by atoms with Crippen molar-refractivity contribution in [1.82, 2.24) is 5.32 Å². The molecule has 0 fully saturated rings. The molecule has 3 rings (SSSR count). The third-order valence-electron chi connectivity index (χ3n) is 4.44. The van der Waals surface area contributed by atoms with E-state index >= 15 is 0 Å². The maximum Gasteiger partial charge on any atom is 0.408 e. The molecule has 1 unspecified atom stereocenters. The molecule has 7 heteroatoms. The zero-order valence-electron chi connectivity index (χ0n) is 16.8. The Morgan fingerprint density at radius 1 is 1.10 bits per heavy atom. The lowest BCUT2D eigenvalue weighted by Gasteiger charge is -2.14. The van der Waals surface area contributed by atoms with Crippen molar-refractivity contribution >= 4 is 23.0 Å². The molecule has 0 aliphatic carbocycles. The molecule has 3 aromatic rings. The molecule has 0 aliphatic heterocycles. The van der Waals surface area contributed by atoms with E-state index in [1.807, 2.05) is 37.3 Å². The second-order valence-corrected chi connectivity index (χ2v) is 6.85. The second-order valence-electron chi connectivity index (χ2n) is 6.85. The van der Waals surface area contributed by atoms with Gasteiger partial charge in [0.1, 0.15) is 24.0 Å². The number of amides is 1. The fourth-order valence-electron chi connectivity index (χ4n) is 2.95. The van der Waals surface area contributed by atoms with E-state index in [4.69, 9.17) is 13.9 Å². The van der Waals surface area contributed by atoms with Crippen LogP contribution in [0.25, 0.3) is 11.0 Å². The molecule has 1 atom stereocenters. The first kappa shape index (κ1) is 21.1. The van der Waals surface area contributed by atoms with E-state index in [1.54, 1.807) is 12.1 Å². The number of nitrogens with one attached hydrogen (secondary N) is 1. The molecule has 1 amide bonds. The van der Waals surface area contributed by atoms with Gasteiger partial charge in [0, 0.05) is 17.5 Å². The first-order chi connectivity index (χ1) is 14.5. The molecule has 0 bridgehead atoms. The molecular weight excluding hydrogens is 386 g/mol. The standard InChI is InChI=1S/C23H23NO6/c1-3-7-17-12-21(25)30-20-13-18(10-11-19(17)20)29-22(26)15(2)24-23(27)28-14-16-8-5-4-6-9-16/h4-6,8-13,15H,3,7,14H2,1-2H3,(H,24,27). The third kappa shape index (κ3) is 5.47. The summed E-state index contributed by atoms with van der Waals surface area (Å²) in [6, 6.07) is 14.6. The quantitative estimate of drug-likeness (QED) is 0.360. The molecule has 7 nitrogen and oxygen atoms in total. The van der Waals surface area contributed by atoms with Gasteiger partial charge < -0.3 is 19.2 Å². The number of alkyl carbamates (subject to hydrolysis) is 1. The number of carbonyl (C=O) groups is 2. The first-order valence-corrected chi connectivity index (χ1v) is 9.72. The smallest absolute Gasteiger partial charge is 0.408 e. The first-order valence-electron chi connectivity index (χ1n) is 9.72. The van der Waals surface area contributed by atoms with E-state index in [0.29, 0.717) is 5.58 Å². The number of hydrogen-bond acceptors (Lipinski definition) is 6. The maximum atomic E-state index is 12.3. The summed E-state index contributed by atoms with van der Waals surface area (Å²) in [5.41, 5.74) is 1.62. The predicted octanol–water partition coefficient (Wildman–Crippen LogP) is 3.97. The largest absolute Gasteiger partial charge is 0.445 e. The fourth-order valence-corrected chi connectivity index (χ4v) is 2.95. The van der Waals surface area contributed by atoms with Crippen LogP contribution >= 0.6 is 0 Å². The zero-order valence-corrected chi connectivity index (χ0v) is 16.8. The van der Waals surface area contributed by atoms with Crippen molar-refractivity contribution in [3.63, 3.8) is 0 Å². The summed E-state index contributed by atoms with van der Waals surface area (Å²) in [5.74, 6) is -0.450. The molecule has 156 valence electrons. The van der Waals surface area contributed by atoms with E-state index in [9.17, 15) is 14.4 Å². The van der Waals surface area contributed by atoms with Gasteiger partial charge in [-0.05, 0) is 36.6 Å². The molecule has 0 aliphatic rings. The summed E-state index contributed by atoms with van der Waals surface area (Å²) in [6.45, 7) is 3.61. The normalized spacial score (nSPS) is 11.7. The molecule has 0 saturated carbocycles. The monoisotopic (exact) mass is 409 g/mol. The van der Waals surface area contributed by atoms with Gasteiger partial charge in [0.15, 0.2) is 0 Å². The number of aryl methyl sites for hydroxylation is 1. The van der Waals surface area contributed by atoms with Crippen molar-refractivity contribution in [2.45, 2.75) is 39.3 Å². The minimum absolute atomic E-state index is 0.0955. The highest BCUT2D eigenvalue weighted by molar-refractivity contribution is 5.85. The van der Waals surface area contributed by atoms with Crippen LogP contribution < -0.4 is 15.7 Å². The minimum atomic E-state index is -0.928. The van der Waals surface area contributed by atoms with Crippen LogP contribution in [0.1, 0.15) is 31.4 Å². The number of carbonyl (C=O) groups excluding carboxylic acids is 2. The van der Waals surface area contributed by atoms with Crippen molar-refractivity contribution in [2.24, 2.45) is 0 Å². The Morgan fingerprint density at radius 3 is 2.60 bits per heavy atom. The van der Waals surface area contributed by atoms with Gasteiger partial charge in [0.25, 0.3) is 0 Å². The Hall–Kier alpha value is -3.61. The Balaban J connectivity index is 1.61. The van der Waals surface area contributed by atoms with Crippen LogP contribution in [-0.2, 0) is 22.6 Å². The van der Waals surface area contributed by atoms with Crippen molar-refractivity contribution in [3.8, 4) is 5.75 Å². The van der Waals surface area contributed by atoms with Gasteiger partial charge in [0.05, 0.1) is 0 Å². The van der Waals surface area contributed by atoms with E-state index in [-0.39, 0.29) is 12.4 Å². The summed E-state index contributed by atoms with van der Waals surface area (Å²) < 4.78 is 15.6. The number of esters is 1. The second kappa shape index (κ2) is 9.73. The molecule has 1 aromatic heterocycles. The highest BCUT2D eigenvalue weighted by Gasteiger charge is 2.19. The van der Waals surface area contributed by atoms with Gasteiger partial charge in [0.2, 0.25) is 0 Å². The minimum Gasteiger partial charge on any atom is -0.445 e. The van der Waals surface area contributed by atoms with Crippen LogP contribution in [0.4, 0.5) is 4.79 Å². The fraction of sp³-hybridized carbons (Fsp3) is 0.261. The molecular formula is C23H23NO6. The van der Waals surface area contributed by atoms with Gasteiger partial charge in [-0.25, -0.2) is 14.4 Å². The van der Waals surface area contributed by atoms with E-state index in [0.717, 1.165) is 29.4 Å². The summed E-state index contributed by atoms with van der Waals surface area (Å²) in [6.07, 6.45) is 0.906. The number of rotatable bonds is 7. The van der Waals surface area contributed by atoms with E-state index in [2.05, 4.69) is 5.32 Å². The highest BCUT2D eigenvalue weighted by atomic mass is 16.6. The Labute approximate surface area is 173 Å². The molecule has 1 heterocycles. The van der Waals surface area contributed by atoms with Gasteiger partial charge >= 0.3 is 17.7 Å². The SMILES string of the molecule is CCCc1cc(=O)oc2cc(OC(=O)C(C)NC(=O)OCc3ccccc3)ccc12. The van der Waals surface area contributed by atoms with Crippen molar-refractivity contribution < 1.29 is 23.5 Å². The summed E-state index contributed by atoms with van der Waals surface area (Å²) in [7, 11) is 0. The average Bonchev–Trinajstić information content (AvgIpc) is 2.73. The van der Waals surface area contributed by atoms with Gasteiger partial charge in [-0.2, -0.15) is 0 Å². The topological polar surface area (TPSA) is 94.8 Å². The lowest BCUT2D eigenvalue weighted by atomic mass is 10.1. The van der Waals surface area contributed by atoms with E-state index in [1.165, 1.54) is 19.1 Å². The lowest BCUT2D eigenvalue weighted by Crippen LogP contribution is -2.41. The van der Waals surface area contributed by atoms with Crippen LogP contribution in [0, 0.1) is 0 Å². The Bertz CT molecular complexity index is 1090. The summed E-state index contributed by atoms with van der Waals surface area (Å²) >= 11 is 0. The summed E-state index contributed by atoms with van der Waals surface area (Å²) in [5, 5.41) is 3.23. The van der Waals surface area contributed by atoms with Crippen LogP contribution in [0.2, 0.25) is 0 Å². The zero-order chi connectivity index (χ0) is 21.5. The molecule has 0 radical (unpaired) electrons. The molecule has 0 spiro atoms. The number of benzene rings is 2. The lowest BCUT2D eigenvalue weighted by molar-refractivity contribution is -0.136. The van der Waals surface area contributed by atoms with Crippen LogP contribution in [0.5, 0.6) is 5.75 Å². The number of hydrogen-bond donors (Lipinski definition) is 1. The summed E-state index contributed by atoms with van der Waals surface area (Å²) in [4.78, 5) is 36.0. The van der Waals surface area contributed by atoms with E-state index < -0.39 is 23.7 Å².